The number of hydrogen-bond acceptors (Lipinski definition) is 4. The molecule has 0 amide bonds. The Kier molecular flexibility index (Phi) is 5.35. The average molecular weight is 363 g/mol. The van der Waals surface area contributed by atoms with E-state index in [1.165, 1.54) is 12.5 Å². The summed E-state index contributed by atoms with van der Waals surface area (Å²) in [5, 5.41) is 0. The maximum absolute atomic E-state index is 12.6. The van der Waals surface area contributed by atoms with Crippen LogP contribution in [-0.2, 0) is 19.1 Å². The first-order chi connectivity index (χ1) is 12.1. The van der Waals surface area contributed by atoms with Crippen molar-refractivity contribution in [2.24, 2.45) is 29.6 Å². The predicted octanol–water partition coefficient (Wildman–Crippen LogP) is 4.32. The third-order valence-corrected chi connectivity index (χ3v) is 7.09. The van der Waals surface area contributed by atoms with Gasteiger partial charge in [0.25, 0.3) is 0 Å². The molecule has 2 aliphatic heterocycles. The molecule has 2 saturated heterocycles. The lowest BCUT2D eigenvalue weighted by Crippen LogP contribution is -2.50. The van der Waals surface area contributed by atoms with Gasteiger partial charge < -0.3 is 9.47 Å². The van der Waals surface area contributed by atoms with E-state index >= 15 is 0 Å². The van der Waals surface area contributed by atoms with Crippen LogP contribution in [0.2, 0.25) is 0 Å². The lowest BCUT2D eigenvalue weighted by atomic mass is 9.61. The van der Waals surface area contributed by atoms with Crippen LogP contribution in [0.5, 0.6) is 0 Å². The SMILES string of the molecule is C=C1CC[C@H](C(C)C)[C@@H]2[C@H]1[C@H]1C[C@H](C)C(=O)CC[C@@](C)(OC(C)=O)[C@@H]2O1. The zero-order valence-electron chi connectivity index (χ0n) is 16.9. The highest BCUT2D eigenvalue weighted by Crippen LogP contribution is 2.55. The molecule has 3 aliphatic rings. The van der Waals surface area contributed by atoms with Crippen molar-refractivity contribution in [2.75, 3.05) is 0 Å². The Balaban J connectivity index is 2.05. The highest BCUT2D eigenvalue weighted by Gasteiger charge is 2.58. The van der Waals surface area contributed by atoms with Gasteiger partial charge in [0.2, 0.25) is 0 Å². The summed E-state index contributed by atoms with van der Waals surface area (Å²) in [6, 6.07) is 0. The minimum absolute atomic E-state index is 0.00554. The summed E-state index contributed by atoms with van der Waals surface area (Å²) in [5.74, 6) is 1.58. The van der Waals surface area contributed by atoms with Gasteiger partial charge in [-0.2, -0.15) is 0 Å². The first-order valence-electron chi connectivity index (χ1n) is 10.2. The molecule has 0 spiro atoms. The van der Waals surface area contributed by atoms with Gasteiger partial charge in [-0.15, -0.1) is 0 Å². The van der Waals surface area contributed by atoms with Crippen molar-refractivity contribution in [3.05, 3.63) is 12.2 Å². The number of Topliss-reactive ketones (excluding diaryl/α,β-unsaturated/α-hetero) is 1. The lowest BCUT2D eigenvalue weighted by molar-refractivity contribution is -0.179. The van der Waals surface area contributed by atoms with Gasteiger partial charge in [0.05, 0.1) is 6.10 Å². The highest BCUT2D eigenvalue weighted by molar-refractivity contribution is 5.81. The summed E-state index contributed by atoms with van der Waals surface area (Å²) >= 11 is 0. The third kappa shape index (κ3) is 3.37. The maximum atomic E-state index is 12.6. The molecule has 2 heterocycles. The zero-order valence-corrected chi connectivity index (χ0v) is 16.9. The van der Waals surface area contributed by atoms with Crippen LogP contribution < -0.4 is 0 Å². The van der Waals surface area contributed by atoms with Crippen molar-refractivity contribution in [2.45, 2.75) is 84.5 Å². The Morgan fingerprint density at radius 3 is 2.65 bits per heavy atom. The number of ketones is 1. The fraction of sp³-hybridized carbons (Fsp3) is 0.818. The number of ether oxygens (including phenoxy) is 2. The van der Waals surface area contributed by atoms with Crippen LogP contribution in [0.15, 0.2) is 12.2 Å². The smallest absolute Gasteiger partial charge is 0.303 e. The van der Waals surface area contributed by atoms with E-state index < -0.39 is 5.60 Å². The highest BCUT2D eigenvalue weighted by atomic mass is 16.6. The molecule has 4 heteroatoms. The second-order valence-electron chi connectivity index (χ2n) is 9.31. The summed E-state index contributed by atoms with van der Waals surface area (Å²) in [5.41, 5.74) is 0.498. The minimum Gasteiger partial charge on any atom is -0.457 e. The molecule has 7 atom stereocenters. The largest absolute Gasteiger partial charge is 0.457 e. The van der Waals surface area contributed by atoms with Gasteiger partial charge in [0.1, 0.15) is 17.5 Å². The van der Waals surface area contributed by atoms with Gasteiger partial charge in [-0.1, -0.05) is 32.9 Å². The predicted molar refractivity (Wildman–Crippen MR) is 101 cm³/mol. The van der Waals surface area contributed by atoms with E-state index in [0.29, 0.717) is 30.6 Å². The normalized spacial score (nSPS) is 43.5. The number of esters is 1. The van der Waals surface area contributed by atoms with E-state index in [1.807, 2.05) is 13.8 Å². The summed E-state index contributed by atoms with van der Waals surface area (Å²) in [6.45, 7) is 14.4. The van der Waals surface area contributed by atoms with Gasteiger partial charge in [-0.3, -0.25) is 9.59 Å². The molecule has 3 rings (SSSR count). The summed E-state index contributed by atoms with van der Waals surface area (Å²) in [4.78, 5) is 24.4. The van der Waals surface area contributed by atoms with Crippen LogP contribution in [0, 0.1) is 29.6 Å². The number of rotatable bonds is 2. The van der Waals surface area contributed by atoms with E-state index in [1.54, 1.807) is 0 Å². The second kappa shape index (κ2) is 7.10. The molecule has 1 saturated carbocycles. The first kappa shape index (κ1) is 19.6. The number of hydrogen-bond donors (Lipinski definition) is 0. The Morgan fingerprint density at radius 1 is 1.35 bits per heavy atom. The van der Waals surface area contributed by atoms with Crippen LogP contribution in [-0.4, -0.2) is 29.6 Å². The van der Waals surface area contributed by atoms with Crippen molar-refractivity contribution in [1.29, 1.82) is 0 Å². The quantitative estimate of drug-likeness (QED) is 0.542. The Hall–Kier alpha value is -1.16. The summed E-state index contributed by atoms with van der Waals surface area (Å²) in [7, 11) is 0. The molecule has 1 aliphatic carbocycles. The van der Waals surface area contributed by atoms with Crippen molar-refractivity contribution >= 4 is 11.8 Å². The van der Waals surface area contributed by atoms with Gasteiger partial charge in [0, 0.05) is 31.1 Å². The first-order valence-corrected chi connectivity index (χ1v) is 10.2. The molecule has 3 fully saturated rings. The van der Waals surface area contributed by atoms with Crippen molar-refractivity contribution in [1.82, 2.24) is 0 Å². The molecule has 0 unspecified atom stereocenters. The Bertz CT molecular complexity index is 595. The van der Waals surface area contributed by atoms with Gasteiger partial charge >= 0.3 is 5.97 Å². The molecule has 0 radical (unpaired) electrons. The molecule has 2 bridgehead atoms. The second-order valence-corrected chi connectivity index (χ2v) is 9.31. The molecule has 0 aromatic heterocycles. The molecule has 4 nitrogen and oxygen atoms in total. The molecule has 26 heavy (non-hydrogen) atoms. The topological polar surface area (TPSA) is 52.6 Å². The fourth-order valence-corrected chi connectivity index (χ4v) is 5.75. The Morgan fingerprint density at radius 2 is 2.04 bits per heavy atom. The third-order valence-electron chi connectivity index (χ3n) is 7.09. The monoisotopic (exact) mass is 362 g/mol. The molecular weight excluding hydrogens is 328 g/mol. The van der Waals surface area contributed by atoms with Gasteiger partial charge in [0.15, 0.2) is 0 Å². The maximum Gasteiger partial charge on any atom is 0.303 e. The number of carbonyl (C=O) groups is 2. The zero-order chi connectivity index (χ0) is 19.2. The van der Waals surface area contributed by atoms with Crippen LogP contribution in [0.4, 0.5) is 0 Å². The molecule has 0 aromatic carbocycles. The van der Waals surface area contributed by atoms with Crippen LogP contribution >= 0.6 is 0 Å². The lowest BCUT2D eigenvalue weighted by Gasteiger charge is -2.45. The van der Waals surface area contributed by atoms with Crippen LogP contribution in [0.1, 0.15) is 66.7 Å². The van der Waals surface area contributed by atoms with E-state index in [4.69, 9.17) is 9.47 Å². The molecule has 0 N–H and O–H groups in total. The molecular formula is C22H34O4. The van der Waals surface area contributed by atoms with Crippen LogP contribution in [0.3, 0.4) is 0 Å². The summed E-state index contributed by atoms with van der Waals surface area (Å²) < 4.78 is 12.5. The standard InChI is InChI=1S/C22H34O4/c1-12(2)16-8-7-13(3)19-18-11-14(4)17(24)9-10-22(6,26-15(5)23)21(25-18)20(16)19/h12,14,16,18-21H,3,7-11H2,1-2,4-6H3/t14-,16+,18+,19+,20+,21+,22+/m0/s1. The summed E-state index contributed by atoms with van der Waals surface area (Å²) in [6.07, 6.45) is 3.72. The van der Waals surface area contributed by atoms with Gasteiger partial charge in [-0.25, -0.2) is 0 Å². The van der Waals surface area contributed by atoms with E-state index in [-0.39, 0.29) is 35.8 Å². The molecule has 0 aromatic rings. The minimum atomic E-state index is -0.756. The van der Waals surface area contributed by atoms with Crippen LogP contribution in [0.25, 0.3) is 0 Å². The number of carbonyl (C=O) groups excluding carboxylic acids is 2. The van der Waals surface area contributed by atoms with Crippen molar-refractivity contribution < 1.29 is 19.1 Å². The van der Waals surface area contributed by atoms with Gasteiger partial charge in [-0.05, 0) is 44.4 Å². The molecule has 146 valence electrons. The van der Waals surface area contributed by atoms with E-state index in [0.717, 1.165) is 19.3 Å². The van der Waals surface area contributed by atoms with E-state index in [2.05, 4.69) is 20.4 Å². The van der Waals surface area contributed by atoms with Crippen molar-refractivity contribution in [3.63, 3.8) is 0 Å². The average Bonchev–Trinajstić information content (AvgIpc) is 2.93. The van der Waals surface area contributed by atoms with Crippen molar-refractivity contribution in [3.8, 4) is 0 Å². The Labute approximate surface area is 157 Å². The number of fused-ring (bicyclic) bond motifs is 5. The fourth-order valence-electron chi connectivity index (χ4n) is 5.75. The van der Waals surface area contributed by atoms with E-state index in [9.17, 15) is 9.59 Å².